The van der Waals surface area contributed by atoms with Crippen LogP contribution in [0.15, 0.2) is 192 Å². The number of hydrogen-bond acceptors (Lipinski definition) is 5. The molecule has 0 saturated carbocycles. The van der Waals surface area contributed by atoms with Crippen LogP contribution in [0.3, 0.4) is 0 Å². The van der Waals surface area contributed by atoms with Gasteiger partial charge in [0.2, 0.25) is 5.95 Å². The Morgan fingerprint density at radius 1 is 0.362 bits per heavy atom. The molecule has 8 aromatic carbocycles. The summed E-state index contributed by atoms with van der Waals surface area (Å²) in [5.41, 5.74) is 10.5. The normalized spacial score (nSPS) is 11.8. The summed E-state index contributed by atoms with van der Waals surface area (Å²) in [4.78, 5) is 20.6. The molecular weight excluding hydrogens is 711 g/mol. The van der Waals surface area contributed by atoms with Crippen LogP contribution in [0.2, 0.25) is 0 Å². The Morgan fingerprint density at radius 2 is 0.914 bits per heavy atom. The fourth-order valence-corrected chi connectivity index (χ4v) is 8.61. The number of pyridine rings is 1. The zero-order chi connectivity index (χ0) is 38.2. The number of aromatic nitrogens is 5. The van der Waals surface area contributed by atoms with E-state index in [2.05, 4.69) is 150 Å². The lowest BCUT2D eigenvalue weighted by Crippen LogP contribution is -2.06. The lowest BCUT2D eigenvalue weighted by molar-refractivity contribution is 0.674. The molecule has 0 N–H and O–H groups in total. The van der Waals surface area contributed by atoms with Gasteiger partial charge in [0.1, 0.15) is 11.2 Å². The van der Waals surface area contributed by atoms with Gasteiger partial charge in [-0.25, -0.2) is 9.97 Å². The molecule has 0 aliphatic heterocycles. The lowest BCUT2D eigenvalue weighted by atomic mass is 9.97. The fourth-order valence-electron chi connectivity index (χ4n) is 8.61. The zero-order valence-corrected chi connectivity index (χ0v) is 31.0. The summed E-state index contributed by atoms with van der Waals surface area (Å²) < 4.78 is 9.20. The van der Waals surface area contributed by atoms with Crippen molar-refractivity contribution >= 4 is 65.4 Å². The molecule has 0 unspecified atom stereocenters. The highest BCUT2D eigenvalue weighted by molar-refractivity contribution is 6.25. The van der Waals surface area contributed by atoms with Crippen molar-refractivity contribution in [1.82, 2.24) is 24.5 Å². The Balaban J connectivity index is 1.06. The number of para-hydroxylation sites is 4. The predicted molar refractivity (Wildman–Crippen MR) is 236 cm³/mol. The molecule has 270 valence electrons. The molecule has 6 nitrogen and oxygen atoms in total. The minimum absolute atomic E-state index is 0.564. The van der Waals surface area contributed by atoms with E-state index >= 15 is 0 Å². The van der Waals surface area contributed by atoms with Crippen molar-refractivity contribution in [2.24, 2.45) is 0 Å². The Hall–Kier alpha value is -7.96. The van der Waals surface area contributed by atoms with Gasteiger partial charge in [-0.05, 0) is 35.9 Å². The van der Waals surface area contributed by atoms with E-state index in [0.29, 0.717) is 17.6 Å². The standard InChI is InChI=1S/C52H31N5O/c1-3-15-32(16-4-1)47-42-30-29-40-39-25-14-24-36(48(39)58-49(40)46(42)41-23-7-10-26-43(41)53-47)34-19-13-20-35(31-34)51-54-50(33-17-5-2-6-18-33)55-52(56-51)57-44-27-11-8-21-37(44)38-22-9-12-28-45(38)57/h1-31H. The van der Waals surface area contributed by atoms with Crippen LogP contribution in [0.4, 0.5) is 0 Å². The fraction of sp³-hybridized carbons (Fsp3) is 0. The maximum absolute atomic E-state index is 7.05. The second-order valence-electron chi connectivity index (χ2n) is 14.6. The second kappa shape index (κ2) is 12.8. The number of nitrogens with zero attached hydrogens (tertiary/aromatic N) is 5. The van der Waals surface area contributed by atoms with E-state index in [1.165, 1.54) is 0 Å². The van der Waals surface area contributed by atoms with Crippen LogP contribution < -0.4 is 0 Å². The number of benzene rings is 8. The molecule has 0 saturated heterocycles. The molecule has 6 heteroatoms. The first-order chi connectivity index (χ1) is 28.8. The molecule has 0 atom stereocenters. The lowest BCUT2D eigenvalue weighted by Gasteiger charge is -2.11. The molecule has 0 spiro atoms. The highest BCUT2D eigenvalue weighted by Gasteiger charge is 2.21. The summed E-state index contributed by atoms with van der Waals surface area (Å²) in [7, 11) is 0. The van der Waals surface area contributed by atoms with E-state index < -0.39 is 0 Å². The van der Waals surface area contributed by atoms with Crippen molar-refractivity contribution in [3.63, 3.8) is 0 Å². The zero-order valence-electron chi connectivity index (χ0n) is 31.0. The van der Waals surface area contributed by atoms with E-state index in [4.69, 9.17) is 24.4 Å². The van der Waals surface area contributed by atoms with Gasteiger partial charge in [-0.3, -0.25) is 4.57 Å². The molecule has 0 amide bonds. The van der Waals surface area contributed by atoms with Crippen molar-refractivity contribution < 1.29 is 4.42 Å². The largest absolute Gasteiger partial charge is 0.455 e. The summed E-state index contributed by atoms with van der Waals surface area (Å²) >= 11 is 0. The van der Waals surface area contributed by atoms with Crippen molar-refractivity contribution in [1.29, 1.82) is 0 Å². The van der Waals surface area contributed by atoms with Crippen LogP contribution >= 0.6 is 0 Å². The molecule has 0 radical (unpaired) electrons. The molecule has 0 fully saturated rings. The third kappa shape index (κ3) is 4.98. The monoisotopic (exact) mass is 741 g/mol. The predicted octanol–water partition coefficient (Wildman–Crippen LogP) is 13.2. The van der Waals surface area contributed by atoms with Crippen molar-refractivity contribution in [3.8, 4) is 51.1 Å². The van der Waals surface area contributed by atoms with Gasteiger partial charge in [-0.15, -0.1) is 0 Å². The molecule has 0 aliphatic rings. The van der Waals surface area contributed by atoms with Crippen LogP contribution in [0.5, 0.6) is 0 Å². The molecule has 4 heterocycles. The maximum atomic E-state index is 7.05. The molecule has 58 heavy (non-hydrogen) atoms. The average Bonchev–Trinajstić information content (AvgIpc) is 3.85. The van der Waals surface area contributed by atoms with E-state index in [1.807, 2.05) is 42.5 Å². The SMILES string of the molecule is c1ccc(-c2nc(-c3cccc(-c4cccc5c4oc4c5ccc5c(-c6ccccc6)nc6ccccc6c54)c3)nc(-n3c4ccccc4c4ccccc43)n2)cc1. The van der Waals surface area contributed by atoms with E-state index in [1.54, 1.807) is 0 Å². The van der Waals surface area contributed by atoms with Gasteiger partial charge in [0, 0.05) is 60.0 Å². The molecule has 0 aliphatic carbocycles. The van der Waals surface area contributed by atoms with E-state index in [0.717, 1.165) is 98.9 Å². The van der Waals surface area contributed by atoms with Gasteiger partial charge in [0.25, 0.3) is 0 Å². The molecule has 0 bridgehead atoms. The minimum Gasteiger partial charge on any atom is -0.455 e. The highest BCUT2D eigenvalue weighted by Crippen LogP contribution is 2.43. The number of fused-ring (bicyclic) bond motifs is 10. The van der Waals surface area contributed by atoms with Crippen molar-refractivity contribution in [2.45, 2.75) is 0 Å². The Labute approximate surface area is 332 Å². The van der Waals surface area contributed by atoms with Crippen LogP contribution in [0, 0.1) is 0 Å². The van der Waals surface area contributed by atoms with E-state index in [9.17, 15) is 0 Å². The summed E-state index contributed by atoms with van der Waals surface area (Å²) in [6.45, 7) is 0. The minimum atomic E-state index is 0.564. The summed E-state index contributed by atoms with van der Waals surface area (Å²) in [5, 5.41) is 7.61. The third-order valence-electron chi connectivity index (χ3n) is 11.2. The molecular formula is C52H31N5O. The van der Waals surface area contributed by atoms with Gasteiger partial charge < -0.3 is 4.42 Å². The van der Waals surface area contributed by atoms with Gasteiger partial charge in [0.05, 0.1) is 22.2 Å². The number of hydrogen-bond donors (Lipinski definition) is 0. The number of furan rings is 1. The Kier molecular flexibility index (Phi) is 7.13. The van der Waals surface area contributed by atoms with E-state index in [-0.39, 0.29) is 0 Å². The van der Waals surface area contributed by atoms with Crippen molar-refractivity contribution in [2.75, 3.05) is 0 Å². The van der Waals surface area contributed by atoms with Gasteiger partial charge in [-0.2, -0.15) is 9.97 Å². The molecule has 4 aromatic heterocycles. The average molecular weight is 742 g/mol. The third-order valence-corrected chi connectivity index (χ3v) is 11.2. The molecule has 12 aromatic rings. The first-order valence-corrected chi connectivity index (χ1v) is 19.4. The van der Waals surface area contributed by atoms with Gasteiger partial charge in [0.15, 0.2) is 11.6 Å². The van der Waals surface area contributed by atoms with Crippen LogP contribution in [-0.4, -0.2) is 24.5 Å². The summed E-state index contributed by atoms with van der Waals surface area (Å²) in [5.74, 6) is 1.76. The molecule has 12 rings (SSSR count). The van der Waals surface area contributed by atoms with Crippen LogP contribution in [0.1, 0.15) is 0 Å². The quantitative estimate of drug-likeness (QED) is 0.164. The van der Waals surface area contributed by atoms with Gasteiger partial charge >= 0.3 is 0 Å². The first-order valence-electron chi connectivity index (χ1n) is 19.4. The number of rotatable bonds is 5. The highest BCUT2D eigenvalue weighted by atomic mass is 16.3. The Morgan fingerprint density at radius 3 is 1.67 bits per heavy atom. The van der Waals surface area contributed by atoms with Gasteiger partial charge in [-0.1, -0.05) is 158 Å². The van der Waals surface area contributed by atoms with Crippen molar-refractivity contribution in [3.05, 3.63) is 188 Å². The topological polar surface area (TPSA) is 69.6 Å². The van der Waals surface area contributed by atoms with Crippen LogP contribution in [0.25, 0.3) is 117 Å². The Bertz CT molecular complexity index is 3520. The summed E-state index contributed by atoms with van der Waals surface area (Å²) in [6.07, 6.45) is 0. The maximum Gasteiger partial charge on any atom is 0.238 e. The summed E-state index contributed by atoms with van der Waals surface area (Å²) in [6, 6.07) is 64.9. The first kappa shape index (κ1) is 32.3. The smallest absolute Gasteiger partial charge is 0.238 e. The second-order valence-corrected chi connectivity index (χ2v) is 14.6. The van der Waals surface area contributed by atoms with Crippen LogP contribution in [-0.2, 0) is 0 Å².